The van der Waals surface area contributed by atoms with Gasteiger partial charge >= 0.3 is 0 Å². The first-order chi connectivity index (χ1) is 12.2. The summed E-state index contributed by atoms with van der Waals surface area (Å²) in [6, 6.07) is 8.41. The van der Waals surface area contributed by atoms with Gasteiger partial charge in [-0.1, -0.05) is 26.0 Å². The third kappa shape index (κ3) is 4.05. The maximum absolute atomic E-state index is 13.0. The molecule has 1 aliphatic heterocycles. The molecule has 0 saturated carbocycles. The molecule has 26 heavy (non-hydrogen) atoms. The van der Waals surface area contributed by atoms with Crippen molar-refractivity contribution in [1.82, 2.24) is 0 Å². The van der Waals surface area contributed by atoms with E-state index < -0.39 is 20.0 Å². The second kappa shape index (κ2) is 7.21. The minimum absolute atomic E-state index is 0.000770. The van der Waals surface area contributed by atoms with E-state index in [2.05, 4.69) is 4.72 Å². The Morgan fingerprint density at radius 3 is 2.62 bits per heavy atom. The van der Waals surface area contributed by atoms with Gasteiger partial charge in [0, 0.05) is 6.54 Å². The van der Waals surface area contributed by atoms with Crippen LogP contribution in [0.15, 0.2) is 39.9 Å². The molecule has 6 nitrogen and oxygen atoms in total. The van der Waals surface area contributed by atoms with Gasteiger partial charge in [-0.3, -0.25) is 9.03 Å². The summed E-state index contributed by atoms with van der Waals surface area (Å²) < 4.78 is 54.5. The Labute approximate surface area is 159 Å². The average molecular weight is 415 g/mol. The summed E-state index contributed by atoms with van der Waals surface area (Å²) in [6.07, 6.45) is 1.50. The molecule has 2 heterocycles. The van der Waals surface area contributed by atoms with Gasteiger partial charge in [0.15, 0.2) is 0 Å². The Balaban J connectivity index is 1.97. The lowest BCUT2D eigenvalue weighted by atomic mass is 10.0. The number of hydrogen-bond acceptors (Lipinski definition) is 5. The van der Waals surface area contributed by atoms with Crippen molar-refractivity contribution in [2.45, 2.75) is 30.9 Å². The largest absolute Gasteiger partial charge is 0.283 e. The average Bonchev–Trinajstić information content (AvgIpc) is 3.07. The van der Waals surface area contributed by atoms with E-state index in [9.17, 15) is 16.8 Å². The molecule has 3 rings (SSSR count). The number of rotatable bonds is 6. The molecule has 1 aliphatic rings. The minimum Gasteiger partial charge on any atom is -0.283 e. The van der Waals surface area contributed by atoms with Gasteiger partial charge in [-0.15, -0.1) is 11.3 Å². The SMILES string of the molecule is CC(C)CS(=O)(=O)Nc1ccc2c(c1)N(S(=O)(=O)c1cccs1)CCC2. The van der Waals surface area contributed by atoms with Crippen LogP contribution in [-0.2, 0) is 26.5 Å². The Morgan fingerprint density at radius 1 is 1.19 bits per heavy atom. The predicted molar refractivity (Wildman–Crippen MR) is 106 cm³/mol. The molecule has 1 N–H and O–H groups in total. The molecule has 0 radical (unpaired) electrons. The number of aryl methyl sites for hydroxylation is 1. The summed E-state index contributed by atoms with van der Waals surface area (Å²) in [5.41, 5.74) is 1.84. The second-order valence-electron chi connectivity index (χ2n) is 6.73. The quantitative estimate of drug-likeness (QED) is 0.786. The molecule has 1 aromatic carbocycles. The number of nitrogens with zero attached hydrogens (tertiary/aromatic N) is 1. The minimum atomic E-state index is -3.64. The van der Waals surface area contributed by atoms with Crippen molar-refractivity contribution < 1.29 is 16.8 Å². The predicted octanol–water partition coefficient (Wildman–Crippen LogP) is 3.29. The van der Waals surface area contributed by atoms with Crippen LogP contribution in [0.25, 0.3) is 0 Å². The van der Waals surface area contributed by atoms with Gasteiger partial charge in [-0.2, -0.15) is 0 Å². The summed E-state index contributed by atoms with van der Waals surface area (Å²) in [5, 5.41) is 1.73. The molecule has 0 atom stereocenters. The van der Waals surface area contributed by atoms with Crippen LogP contribution in [0.4, 0.5) is 11.4 Å². The first-order valence-corrected chi connectivity index (χ1v) is 12.4. The van der Waals surface area contributed by atoms with Gasteiger partial charge in [-0.05, 0) is 47.9 Å². The molecule has 2 aromatic rings. The molecule has 9 heteroatoms. The van der Waals surface area contributed by atoms with Crippen LogP contribution in [0.2, 0.25) is 0 Å². The van der Waals surface area contributed by atoms with Gasteiger partial charge in [0.2, 0.25) is 10.0 Å². The van der Waals surface area contributed by atoms with Crippen LogP contribution < -0.4 is 9.03 Å². The zero-order valence-corrected chi connectivity index (χ0v) is 17.1. The number of thiophene rings is 1. The zero-order chi connectivity index (χ0) is 18.9. The second-order valence-corrected chi connectivity index (χ2v) is 11.5. The Bertz CT molecular complexity index is 981. The lowest BCUT2D eigenvalue weighted by Gasteiger charge is -2.30. The Kier molecular flexibility index (Phi) is 5.32. The van der Waals surface area contributed by atoms with Crippen molar-refractivity contribution in [1.29, 1.82) is 0 Å². The van der Waals surface area contributed by atoms with Crippen LogP contribution in [0.1, 0.15) is 25.8 Å². The summed E-state index contributed by atoms with van der Waals surface area (Å²) >= 11 is 1.18. The Hall–Kier alpha value is -1.58. The van der Waals surface area contributed by atoms with E-state index in [4.69, 9.17) is 0 Å². The molecular formula is C17H22N2O4S3. The van der Waals surface area contributed by atoms with E-state index in [0.717, 1.165) is 18.4 Å². The summed E-state index contributed by atoms with van der Waals surface area (Å²) in [7, 11) is -7.11. The van der Waals surface area contributed by atoms with E-state index in [1.54, 1.807) is 35.7 Å². The standard InChI is InChI=1S/C17H22N2O4S3/c1-13(2)12-25(20,21)18-15-8-7-14-5-3-9-19(16(14)11-15)26(22,23)17-6-4-10-24-17/h4,6-8,10-11,13,18H,3,5,9,12H2,1-2H3. The lowest BCUT2D eigenvalue weighted by Crippen LogP contribution is -2.35. The van der Waals surface area contributed by atoms with E-state index in [-0.39, 0.29) is 15.9 Å². The van der Waals surface area contributed by atoms with Gasteiger partial charge in [0.05, 0.1) is 17.1 Å². The van der Waals surface area contributed by atoms with Gasteiger partial charge in [0.25, 0.3) is 10.0 Å². The number of nitrogens with one attached hydrogen (secondary N) is 1. The summed E-state index contributed by atoms with van der Waals surface area (Å²) in [6.45, 7) is 4.05. The highest BCUT2D eigenvalue weighted by atomic mass is 32.2. The normalized spacial score (nSPS) is 15.1. The summed E-state index contributed by atoms with van der Waals surface area (Å²) in [5.74, 6) is 0.0159. The third-order valence-electron chi connectivity index (χ3n) is 4.03. The Morgan fingerprint density at radius 2 is 1.96 bits per heavy atom. The number of benzene rings is 1. The maximum atomic E-state index is 13.0. The highest BCUT2D eigenvalue weighted by Crippen LogP contribution is 2.35. The topological polar surface area (TPSA) is 83.6 Å². The van der Waals surface area contributed by atoms with Gasteiger partial charge in [-0.25, -0.2) is 16.8 Å². The number of fused-ring (bicyclic) bond motifs is 1. The van der Waals surface area contributed by atoms with Crippen molar-refractivity contribution >= 4 is 42.8 Å². The molecule has 1 aromatic heterocycles. The van der Waals surface area contributed by atoms with Crippen molar-refractivity contribution in [2.75, 3.05) is 21.3 Å². The van der Waals surface area contributed by atoms with E-state index >= 15 is 0 Å². The number of hydrogen-bond donors (Lipinski definition) is 1. The monoisotopic (exact) mass is 414 g/mol. The molecular weight excluding hydrogens is 392 g/mol. The van der Waals surface area contributed by atoms with Crippen molar-refractivity contribution in [3.63, 3.8) is 0 Å². The fraction of sp³-hybridized carbons (Fsp3) is 0.412. The fourth-order valence-electron chi connectivity index (χ4n) is 3.03. The van der Waals surface area contributed by atoms with Crippen LogP contribution in [-0.4, -0.2) is 29.1 Å². The third-order valence-corrected chi connectivity index (χ3v) is 8.87. The number of anilines is 2. The van der Waals surface area contributed by atoms with Crippen LogP contribution in [0.5, 0.6) is 0 Å². The summed E-state index contributed by atoms with van der Waals surface area (Å²) in [4.78, 5) is 0. The highest BCUT2D eigenvalue weighted by Gasteiger charge is 2.30. The first-order valence-electron chi connectivity index (χ1n) is 8.39. The van der Waals surface area contributed by atoms with E-state index in [0.29, 0.717) is 17.9 Å². The van der Waals surface area contributed by atoms with Crippen molar-refractivity contribution in [3.05, 3.63) is 41.3 Å². The molecule has 0 spiro atoms. The molecule has 0 saturated heterocycles. The van der Waals surface area contributed by atoms with E-state index in [1.165, 1.54) is 15.6 Å². The maximum Gasteiger partial charge on any atom is 0.273 e. The van der Waals surface area contributed by atoms with Crippen LogP contribution in [0.3, 0.4) is 0 Å². The molecule has 0 amide bonds. The molecule has 142 valence electrons. The lowest BCUT2D eigenvalue weighted by molar-refractivity contribution is 0.587. The first kappa shape index (κ1) is 19.2. The van der Waals surface area contributed by atoms with Gasteiger partial charge < -0.3 is 0 Å². The van der Waals surface area contributed by atoms with E-state index in [1.807, 2.05) is 13.8 Å². The van der Waals surface area contributed by atoms with Crippen LogP contribution in [0, 0.1) is 5.92 Å². The van der Waals surface area contributed by atoms with Gasteiger partial charge in [0.1, 0.15) is 4.21 Å². The fourth-order valence-corrected chi connectivity index (χ4v) is 7.12. The molecule has 0 unspecified atom stereocenters. The van der Waals surface area contributed by atoms with Crippen LogP contribution >= 0.6 is 11.3 Å². The highest BCUT2D eigenvalue weighted by molar-refractivity contribution is 7.94. The smallest absolute Gasteiger partial charge is 0.273 e. The molecule has 0 aliphatic carbocycles. The number of sulfonamides is 2. The zero-order valence-electron chi connectivity index (χ0n) is 14.7. The molecule has 0 bridgehead atoms. The van der Waals surface area contributed by atoms with Crippen molar-refractivity contribution in [3.8, 4) is 0 Å². The molecule has 0 fully saturated rings. The van der Waals surface area contributed by atoms with Crippen molar-refractivity contribution in [2.24, 2.45) is 5.92 Å².